The van der Waals surface area contributed by atoms with Gasteiger partial charge in [-0.25, -0.2) is 0 Å². The second-order valence-electron chi connectivity index (χ2n) is 12.6. The van der Waals surface area contributed by atoms with Crippen molar-refractivity contribution in [2.75, 3.05) is 76.4 Å². The number of ether oxygens (including phenoxy) is 5. The number of aryl methyl sites for hydroxylation is 1. The normalized spacial score (nSPS) is 14.3. The number of amides is 1. The van der Waals surface area contributed by atoms with Gasteiger partial charge in [0.2, 0.25) is 6.41 Å². The molecule has 3 aromatic carbocycles. The zero-order valence-corrected chi connectivity index (χ0v) is 32.4. The molecular formula is C38H50ClN3O6S2. The minimum absolute atomic E-state index is 0.00741. The highest BCUT2D eigenvalue weighted by atomic mass is 35.5. The number of carbonyl (C=O) groups excluding carboxylic acids is 1. The summed E-state index contributed by atoms with van der Waals surface area (Å²) < 4.78 is 28.6. The van der Waals surface area contributed by atoms with Crippen LogP contribution in [0.3, 0.4) is 0 Å². The van der Waals surface area contributed by atoms with E-state index < -0.39 is 0 Å². The fourth-order valence-electron chi connectivity index (χ4n) is 5.82. The van der Waals surface area contributed by atoms with Crippen molar-refractivity contribution >= 4 is 62.9 Å². The highest BCUT2D eigenvalue weighted by Gasteiger charge is 2.27. The van der Waals surface area contributed by atoms with Crippen LogP contribution in [-0.4, -0.2) is 90.0 Å². The molecule has 12 heteroatoms. The first kappa shape index (κ1) is 39.8. The lowest BCUT2D eigenvalue weighted by atomic mass is 10.1. The van der Waals surface area contributed by atoms with Crippen LogP contribution < -0.4 is 19.3 Å². The van der Waals surface area contributed by atoms with Crippen molar-refractivity contribution in [2.45, 2.75) is 50.5 Å². The summed E-state index contributed by atoms with van der Waals surface area (Å²) in [5.74, 6) is 1.59. The lowest BCUT2D eigenvalue weighted by Crippen LogP contribution is -2.38. The lowest BCUT2D eigenvalue weighted by Gasteiger charge is -2.34. The van der Waals surface area contributed by atoms with Gasteiger partial charge in [-0.3, -0.25) is 9.79 Å². The summed E-state index contributed by atoms with van der Waals surface area (Å²) >= 11 is 6.42. The van der Waals surface area contributed by atoms with Crippen LogP contribution in [-0.2, 0) is 37.9 Å². The molecule has 0 N–H and O–H groups in total. The Kier molecular flexibility index (Phi) is 16.1. The summed E-state index contributed by atoms with van der Waals surface area (Å²) in [5.41, 5.74) is 6.81. The zero-order chi connectivity index (χ0) is 35.9. The Morgan fingerprint density at radius 1 is 1.00 bits per heavy atom. The summed E-state index contributed by atoms with van der Waals surface area (Å²) in [6, 6.07) is 18.0. The Labute approximate surface area is 310 Å². The second-order valence-corrected chi connectivity index (χ2v) is 15.9. The maximum absolute atomic E-state index is 11.9. The Morgan fingerprint density at radius 3 is 2.46 bits per heavy atom. The maximum Gasteiger partial charge on any atom is 0.214 e. The molecule has 1 aliphatic heterocycles. The molecule has 0 saturated heterocycles. The number of anilines is 2. The molecule has 0 aliphatic carbocycles. The van der Waals surface area contributed by atoms with Crippen molar-refractivity contribution in [2.24, 2.45) is 4.99 Å². The van der Waals surface area contributed by atoms with Gasteiger partial charge in [0.25, 0.3) is 0 Å². The van der Waals surface area contributed by atoms with Crippen molar-refractivity contribution in [1.29, 1.82) is 0 Å². The van der Waals surface area contributed by atoms with E-state index in [-0.39, 0.29) is 10.8 Å². The Bertz CT molecular complexity index is 1560. The number of hydrogen-bond acceptors (Lipinski definition) is 10. The van der Waals surface area contributed by atoms with Gasteiger partial charge in [0, 0.05) is 60.9 Å². The number of carbonyl (C=O) groups is 1. The number of nitrogens with zero attached hydrogens (tertiary/aromatic N) is 3. The summed E-state index contributed by atoms with van der Waals surface area (Å²) in [5, 5.41) is 0. The van der Waals surface area contributed by atoms with Gasteiger partial charge >= 0.3 is 0 Å². The summed E-state index contributed by atoms with van der Waals surface area (Å²) in [6.07, 6.45) is 5.54. The molecule has 1 aliphatic rings. The van der Waals surface area contributed by atoms with Crippen molar-refractivity contribution in [3.8, 4) is 11.5 Å². The van der Waals surface area contributed by atoms with Gasteiger partial charge in [0.1, 0.15) is 6.61 Å². The van der Waals surface area contributed by atoms with Gasteiger partial charge < -0.3 is 33.5 Å². The number of aliphatic imine (C=N–C) groups is 1. The number of hydrogen-bond donors (Lipinski definition) is 0. The highest BCUT2D eigenvalue weighted by molar-refractivity contribution is 8.77. The van der Waals surface area contributed by atoms with Gasteiger partial charge in [0.05, 0.1) is 51.9 Å². The fraction of sp³-hybridized carbons (Fsp3) is 0.474. The molecule has 1 unspecified atom stereocenters. The van der Waals surface area contributed by atoms with Crippen LogP contribution in [0.15, 0.2) is 59.6 Å². The van der Waals surface area contributed by atoms with E-state index in [0.717, 1.165) is 58.7 Å². The summed E-state index contributed by atoms with van der Waals surface area (Å²) in [6.45, 7) is 11.1. The molecule has 0 spiro atoms. The van der Waals surface area contributed by atoms with Crippen LogP contribution in [0.25, 0.3) is 0 Å². The number of methoxy groups -OCH3 is 2. The van der Waals surface area contributed by atoms with Crippen LogP contribution in [0, 0.1) is 6.92 Å². The molecule has 1 atom stereocenters. The molecule has 1 heterocycles. The fourth-order valence-corrected chi connectivity index (χ4v) is 8.15. The number of para-hydroxylation sites is 1. The van der Waals surface area contributed by atoms with E-state index in [4.69, 9.17) is 40.3 Å². The SMILES string of the molecule is COCCOCCOCCN(CC(C)(C)SSC)c1cc(CCl)cc(COc2cc(/N=C\C3Cc4ccccc4N3C=O)c(C)cc2OC)c1. The van der Waals surface area contributed by atoms with Crippen molar-refractivity contribution < 1.29 is 28.5 Å². The largest absolute Gasteiger partial charge is 0.493 e. The van der Waals surface area contributed by atoms with Gasteiger partial charge in [-0.05, 0) is 73.5 Å². The monoisotopic (exact) mass is 743 g/mol. The van der Waals surface area contributed by atoms with E-state index in [2.05, 4.69) is 43.2 Å². The predicted octanol–water partition coefficient (Wildman–Crippen LogP) is 7.89. The molecule has 0 saturated carbocycles. The molecular weight excluding hydrogens is 694 g/mol. The summed E-state index contributed by atoms with van der Waals surface area (Å²) in [7, 11) is 6.92. The molecule has 50 heavy (non-hydrogen) atoms. The van der Waals surface area contributed by atoms with Crippen molar-refractivity contribution in [3.05, 3.63) is 76.9 Å². The van der Waals surface area contributed by atoms with Gasteiger partial charge in [-0.15, -0.1) is 11.6 Å². The smallest absolute Gasteiger partial charge is 0.214 e. The minimum Gasteiger partial charge on any atom is -0.493 e. The van der Waals surface area contributed by atoms with E-state index in [1.807, 2.05) is 60.3 Å². The van der Waals surface area contributed by atoms with Crippen LogP contribution in [0.4, 0.5) is 17.1 Å². The third-order valence-electron chi connectivity index (χ3n) is 8.18. The van der Waals surface area contributed by atoms with Crippen LogP contribution in [0.2, 0.25) is 0 Å². The lowest BCUT2D eigenvalue weighted by molar-refractivity contribution is -0.107. The van der Waals surface area contributed by atoms with Crippen molar-refractivity contribution in [3.63, 3.8) is 0 Å². The molecule has 0 radical (unpaired) electrons. The number of benzene rings is 3. The maximum atomic E-state index is 11.9. The molecule has 1 amide bonds. The van der Waals surface area contributed by atoms with Crippen molar-refractivity contribution in [1.82, 2.24) is 0 Å². The molecule has 0 fully saturated rings. The number of halogens is 1. The number of rotatable bonds is 22. The number of fused-ring (bicyclic) bond motifs is 1. The topological polar surface area (TPSA) is 82.1 Å². The van der Waals surface area contributed by atoms with Crippen LogP contribution in [0.5, 0.6) is 11.5 Å². The zero-order valence-electron chi connectivity index (χ0n) is 30.0. The minimum atomic E-state index is -0.158. The first-order valence-electron chi connectivity index (χ1n) is 16.7. The van der Waals surface area contributed by atoms with Crippen LogP contribution in [0.1, 0.15) is 36.1 Å². The molecule has 272 valence electrons. The summed E-state index contributed by atoms with van der Waals surface area (Å²) in [4.78, 5) is 20.9. The third kappa shape index (κ3) is 11.5. The number of alkyl halides is 1. The third-order valence-corrected chi connectivity index (χ3v) is 11.1. The molecule has 3 aromatic rings. The Balaban J connectivity index is 1.50. The van der Waals surface area contributed by atoms with Crippen LogP contribution >= 0.6 is 33.2 Å². The van der Waals surface area contributed by atoms with E-state index in [0.29, 0.717) is 63.6 Å². The molecule has 0 bridgehead atoms. The van der Waals surface area contributed by atoms with Gasteiger partial charge in [-0.1, -0.05) is 45.9 Å². The van der Waals surface area contributed by atoms with E-state index in [1.54, 1.807) is 29.9 Å². The first-order valence-corrected chi connectivity index (χ1v) is 19.8. The first-order chi connectivity index (χ1) is 24.2. The second kappa shape index (κ2) is 20.2. The van der Waals surface area contributed by atoms with E-state index in [9.17, 15) is 4.79 Å². The predicted molar refractivity (Wildman–Crippen MR) is 210 cm³/mol. The average molecular weight is 744 g/mol. The molecule has 0 aromatic heterocycles. The average Bonchev–Trinajstić information content (AvgIpc) is 3.48. The Morgan fingerprint density at radius 2 is 1.74 bits per heavy atom. The van der Waals surface area contributed by atoms with E-state index >= 15 is 0 Å². The quantitative estimate of drug-likeness (QED) is 0.0336. The van der Waals surface area contributed by atoms with Gasteiger partial charge in [-0.2, -0.15) is 0 Å². The molecule has 4 rings (SSSR count). The molecule has 9 nitrogen and oxygen atoms in total. The standard InChI is InChI=1S/C38H50ClN3O6S2/c1-28-17-36(45-5)37(22-34(28)40-24-33-21-31-9-7-8-10-35(31)42(33)27-43)48-25-30-18-29(23-39)19-32(20-30)41(26-38(2,3)50-49-6)11-12-46-15-16-47-14-13-44-4/h7-10,17-20,22,24,27,33H,11-16,21,23,25-26H2,1-6H3/b40-24-. The Hall–Kier alpha value is -2.93. The van der Waals surface area contributed by atoms with E-state index in [1.165, 1.54) is 0 Å². The highest BCUT2D eigenvalue weighted by Crippen LogP contribution is 2.38. The van der Waals surface area contributed by atoms with Gasteiger partial charge in [0.15, 0.2) is 11.5 Å².